The molecule has 0 aliphatic heterocycles. The molecule has 72 valence electrons. The Bertz CT molecular complexity index is 401. The predicted octanol–water partition coefficient (Wildman–Crippen LogP) is 1.64. The topological polar surface area (TPSA) is 78.7 Å². The van der Waals surface area contributed by atoms with Crippen LogP contribution in [0, 0.1) is 11.3 Å². The lowest BCUT2D eigenvalue weighted by Crippen LogP contribution is -2.11. The van der Waals surface area contributed by atoms with Gasteiger partial charge >= 0.3 is 0 Å². The van der Waals surface area contributed by atoms with Crippen molar-refractivity contribution in [2.45, 2.75) is 6.42 Å². The van der Waals surface area contributed by atoms with Crippen molar-refractivity contribution in [2.24, 2.45) is 0 Å². The first-order valence-corrected chi connectivity index (χ1v) is 4.24. The van der Waals surface area contributed by atoms with Gasteiger partial charge in [-0.15, -0.1) is 0 Å². The Balaban J connectivity index is 2.78. The van der Waals surface area contributed by atoms with Crippen LogP contribution in [0.1, 0.15) is 6.42 Å². The molecule has 0 spiro atoms. The molecule has 1 aromatic heterocycles. The van der Waals surface area contributed by atoms with Crippen LogP contribution in [0.25, 0.3) is 0 Å². The number of halogens is 2. The maximum absolute atomic E-state index is 11.0. The molecule has 0 saturated heterocycles. The zero-order valence-electron chi connectivity index (χ0n) is 6.79. The number of hydrogen-bond acceptors (Lipinski definition) is 4. The summed E-state index contributed by atoms with van der Waals surface area (Å²) in [7, 11) is 0. The summed E-state index contributed by atoms with van der Waals surface area (Å²) in [6.45, 7) is 0. The quantitative estimate of drug-likeness (QED) is 0.619. The molecule has 0 bridgehead atoms. The third-order valence-electron chi connectivity index (χ3n) is 1.23. The summed E-state index contributed by atoms with van der Waals surface area (Å²) in [6.07, 6.45) is 1.02. The van der Waals surface area contributed by atoms with E-state index < -0.39 is 5.91 Å². The van der Waals surface area contributed by atoms with Crippen LogP contribution in [0.3, 0.4) is 0 Å². The van der Waals surface area contributed by atoms with Gasteiger partial charge in [-0.05, 0) is 11.6 Å². The number of rotatable bonds is 2. The van der Waals surface area contributed by atoms with E-state index in [4.69, 9.17) is 28.5 Å². The number of carbonyl (C=O) groups excluding carboxylic acids is 1. The van der Waals surface area contributed by atoms with Gasteiger partial charge in [0.1, 0.15) is 6.42 Å². The number of nitrogens with one attached hydrogen (secondary N) is 1. The second-order valence-corrected chi connectivity index (χ2v) is 2.92. The van der Waals surface area contributed by atoms with Crippen molar-refractivity contribution < 1.29 is 4.79 Å². The maximum Gasteiger partial charge on any atom is 0.238 e. The first-order valence-electron chi connectivity index (χ1n) is 3.48. The van der Waals surface area contributed by atoms with Crippen molar-refractivity contribution in [3.63, 3.8) is 0 Å². The lowest BCUT2D eigenvalue weighted by atomic mass is 10.4. The molecule has 1 N–H and O–H groups in total. The minimum absolute atomic E-state index is 0.00622. The molecule has 0 saturated carbocycles. The highest BCUT2D eigenvalue weighted by atomic mass is 35.5. The van der Waals surface area contributed by atoms with Crippen LogP contribution in [0.4, 0.5) is 5.69 Å². The molecule has 5 nitrogen and oxygen atoms in total. The van der Waals surface area contributed by atoms with Gasteiger partial charge in [0.2, 0.25) is 11.2 Å². The predicted molar refractivity (Wildman–Crippen MR) is 50.9 cm³/mol. The van der Waals surface area contributed by atoms with Gasteiger partial charge in [-0.25, -0.2) is 9.97 Å². The van der Waals surface area contributed by atoms with Crippen LogP contribution in [0.2, 0.25) is 10.4 Å². The fraction of sp³-hybridized carbons (Fsp3) is 0.143. The lowest BCUT2D eigenvalue weighted by Gasteiger charge is -2.03. The Hall–Kier alpha value is -1.38. The van der Waals surface area contributed by atoms with Gasteiger partial charge in [-0.1, -0.05) is 11.6 Å². The summed E-state index contributed by atoms with van der Waals surface area (Å²) in [5.41, 5.74) is 0.233. The van der Waals surface area contributed by atoms with Gasteiger partial charge < -0.3 is 5.32 Å². The Morgan fingerprint density at radius 1 is 1.64 bits per heavy atom. The fourth-order valence-electron chi connectivity index (χ4n) is 0.691. The zero-order chi connectivity index (χ0) is 10.6. The normalized spacial score (nSPS) is 9.21. The van der Waals surface area contributed by atoms with Gasteiger partial charge in [0, 0.05) is 0 Å². The van der Waals surface area contributed by atoms with Crippen molar-refractivity contribution in [2.75, 3.05) is 5.32 Å². The first-order chi connectivity index (χ1) is 6.63. The Morgan fingerprint density at radius 2 is 2.36 bits per heavy atom. The number of carbonyl (C=O) groups is 1. The van der Waals surface area contributed by atoms with E-state index in [2.05, 4.69) is 15.3 Å². The Kier molecular flexibility index (Phi) is 3.63. The molecular weight excluding hydrogens is 227 g/mol. The number of amides is 1. The maximum atomic E-state index is 11.0. The summed E-state index contributed by atoms with van der Waals surface area (Å²) in [5.74, 6) is -0.472. The fourth-order valence-corrected chi connectivity index (χ4v) is 1.04. The summed E-state index contributed by atoms with van der Waals surface area (Å²) in [6, 6.07) is 1.70. The van der Waals surface area contributed by atoms with Gasteiger partial charge in [0.05, 0.1) is 18.0 Å². The van der Waals surface area contributed by atoms with Crippen LogP contribution in [-0.4, -0.2) is 15.9 Å². The monoisotopic (exact) mass is 230 g/mol. The largest absolute Gasteiger partial charge is 0.321 e. The number of nitrogens with zero attached hydrogens (tertiary/aromatic N) is 3. The molecule has 0 fully saturated rings. The number of nitriles is 1. The highest BCUT2D eigenvalue weighted by Crippen LogP contribution is 2.19. The third-order valence-corrected chi connectivity index (χ3v) is 1.70. The summed E-state index contributed by atoms with van der Waals surface area (Å²) < 4.78 is 0. The van der Waals surface area contributed by atoms with E-state index in [1.807, 2.05) is 0 Å². The standard InChI is InChI=1S/C7H4Cl2N4O/c8-6-4(3-11-7(9)13-6)12-5(14)1-2-10/h3H,1H2,(H,12,14). The van der Waals surface area contributed by atoms with Crippen LogP contribution < -0.4 is 5.32 Å². The van der Waals surface area contributed by atoms with Crippen molar-refractivity contribution in [1.82, 2.24) is 9.97 Å². The molecule has 1 rings (SSSR count). The minimum Gasteiger partial charge on any atom is -0.321 e. The van der Waals surface area contributed by atoms with Crippen molar-refractivity contribution >= 4 is 34.8 Å². The average Bonchev–Trinajstić information content (AvgIpc) is 2.10. The summed E-state index contributed by atoms with van der Waals surface area (Å²) in [4.78, 5) is 18.2. The average molecular weight is 231 g/mol. The molecule has 7 heteroatoms. The van der Waals surface area contributed by atoms with Crippen LogP contribution in [-0.2, 0) is 4.79 Å². The molecule has 0 radical (unpaired) electrons. The van der Waals surface area contributed by atoms with Crippen LogP contribution in [0.5, 0.6) is 0 Å². The molecule has 14 heavy (non-hydrogen) atoms. The van der Waals surface area contributed by atoms with E-state index in [9.17, 15) is 4.79 Å². The lowest BCUT2D eigenvalue weighted by molar-refractivity contribution is -0.115. The molecule has 1 amide bonds. The van der Waals surface area contributed by atoms with E-state index in [1.54, 1.807) is 6.07 Å². The summed E-state index contributed by atoms with van der Waals surface area (Å²) >= 11 is 11.1. The van der Waals surface area contributed by atoms with Crippen molar-refractivity contribution in [1.29, 1.82) is 5.26 Å². The molecule has 0 atom stereocenters. The van der Waals surface area contributed by atoms with E-state index >= 15 is 0 Å². The molecule has 0 aliphatic rings. The van der Waals surface area contributed by atoms with Gasteiger partial charge in [-0.3, -0.25) is 4.79 Å². The molecule has 0 unspecified atom stereocenters. The Morgan fingerprint density at radius 3 is 2.93 bits per heavy atom. The summed E-state index contributed by atoms with van der Waals surface area (Å²) in [5, 5.41) is 10.6. The number of anilines is 1. The van der Waals surface area contributed by atoms with Gasteiger partial charge in [0.15, 0.2) is 5.15 Å². The highest BCUT2D eigenvalue weighted by molar-refractivity contribution is 6.34. The number of aromatic nitrogens is 2. The van der Waals surface area contributed by atoms with Crippen molar-refractivity contribution in [3.05, 3.63) is 16.6 Å². The molecule has 0 aliphatic carbocycles. The van der Waals surface area contributed by atoms with E-state index in [0.29, 0.717) is 0 Å². The van der Waals surface area contributed by atoms with E-state index in [-0.39, 0.29) is 22.5 Å². The molecule has 0 aromatic carbocycles. The molecule has 1 heterocycles. The van der Waals surface area contributed by atoms with Crippen molar-refractivity contribution in [3.8, 4) is 6.07 Å². The smallest absolute Gasteiger partial charge is 0.238 e. The SMILES string of the molecule is N#CCC(=O)Nc1cnc(Cl)nc1Cl. The van der Waals surface area contributed by atoms with Crippen LogP contribution in [0.15, 0.2) is 6.20 Å². The molecular formula is C7H4Cl2N4O. The molecule has 1 aromatic rings. The highest BCUT2D eigenvalue weighted by Gasteiger charge is 2.07. The second kappa shape index (κ2) is 4.74. The van der Waals surface area contributed by atoms with Crippen LogP contribution >= 0.6 is 23.2 Å². The minimum atomic E-state index is -0.472. The van der Waals surface area contributed by atoms with E-state index in [1.165, 1.54) is 6.20 Å². The first kappa shape index (κ1) is 10.7. The third kappa shape index (κ3) is 2.83. The second-order valence-electron chi connectivity index (χ2n) is 2.23. The van der Waals surface area contributed by atoms with Gasteiger partial charge in [0.25, 0.3) is 0 Å². The zero-order valence-corrected chi connectivity index (χ0v) is 8.30. The van der Waals surface area contributed by atoms with Gasteiger partial charge in [-0.2, -0.15) is 5.26 Å². The number of hydrogen-bond donors (Lipinski definition) is 1. The Labute approximate surface area is 89.7 Å². The van der Waals surface area contributed by atoms with E-state index in [0.717, 1.165) is 0 Å².